The molecule has 1 aliphatic rings. The Morgan fingerprint density at radius 1 is 1.23 bits per heavy atom. The normalized spacial score (nSPS) is 16.1. The molecule has 30 heavy (non-hydrogen) atoms. The summed E-state index contributed by atoms with van der Waals surface area (Å²) >= 11 is 6.41. The van der Waals surface area contributed by atoms with Gasteiger partial charge in [0, 0.05) is 23.6 Å². The van der Waals surface area contributed by atoms with Crippen molar-refractivity contribution in [2.45, 2.75) is 38.6 Å². The summed E-state index contributed by atoms with van der Waals surface area (Å²) in [7, 11) is 3.08. The predicted molar refractivity (Wildman–Crippen MR) is 117 cm³/mol. The second-order valence-electron chi connectivity index (χ2n) is 6.60. The second-order valence-corrected chi connectivity index (χ2v) is 8.28. The van der Waals surface area contributed by atoms with Crippen LogP contribution in [0.25, 0.3) is 6.08 Å². The van der Waals surface area contributed by atoms with Crippen LogP contribution in [0.3, 0.4) is 0 Å². The molecule has 1 aliphatic heterocycles. The van der Waals surface area contributed by atoms with Crippen molar-refractivity contribution >= 4 is 52.2 Å². The minimum Gasteiger partial charge on any atom is -0.496 e. The van der Waals surface area contributed by atoms with Crippen molar-refractivity contribution in [1.82, 2.24) is 4.90 Å². The zero-order chi connectivity index (χ0) is 22.4. The van der Waals surface area contributed by atoms with Gasteiger partial charge in [0.15, 0.2) is 0 Å². The summed E-state index contributed by atoms with van der Waals surface area (Å²) in [6.45, 7) is 1.84. The van der Waals surface area contributed by atoms with E-state index in [0.717, 1.165) is 17.3 Å². The molecule has 1 fully saturated rings. The Bertz CT molecular complexity index is 897. The molecule has 8 nitrogen and oxygen atoms in total. The molecule has 1 amide bonds. The molecule has 0 bridgehead atoms. The highest BCUT2D eigenvalue weighted by Crippen LogP contribution is 2.39. The van der Waals surface area contributed by atoms with Gasteiger partial charge in [0.2, 0.25) is 0 Å². The number of amides is 1. The van der Waals surface area contributed by atoms with Crippen molar-refractivity contribution in [2.24, 2.45) is 0 Å². The van der Waals surface area contributed by atoms with E-state index in [2.05, 4.69) is 0 Å². The lowest BCUT2D eigenvalue weighted by atomic mass is 10.0. The fraction of sp³-hybridized carbons (Fsp3) is 0.400. The fourth-order valence-electron chi connectivity index (χ4n) is 3.25. The maximum atomic E-state index is 13.0. The van der Waals surface area contributed by atoms with Gasteiger partial charge in [-0.3, -0.25) is 19.3 Å². The van der Waals surface area contributed by atoms with Crippen molar-refractivity contribution in [3.05, 3.63) is 28.2 Å². The van der Waals surface area contributed by atoms with Gasteiger partial charge in [0.25, 0.3) is 5.91 Å². The average Bonchev–Trinajstić information content (AvgIpc) is 2.94. The number of carboxylic acid groups (broad SMARTS) is 2. The maximum Gasteiger partial charge on any atom is 0.305 e. The van der Waals surface area contributed by atoms with Crippen LogP contribution in [0.15, 0.2) is 17.0 Å². The molecule has 1 unspecified atom stereocenters. The number of thioether (sulfide) groups is 1. The highest BCUT2D eigenvalue weighted by Gasteiger charge is 2.38. The molecule has 0 saturated carbocycles. The molecule has 162 valence electrons. The standard InChI is InChI=1S/C20H23NO7S2/c1-11-14(27-2)8-7-12(18(11)28-3)9-15-19(26)21(20(29)30-15)13(10-17(24)25)5-4-6-16(22)23/h7-9,13H,4-6,10H2,1-3H3,(H,22,23)(H,24,25). The number of thiocarbonyl (C=S) groups is 1. The van der Waals surface area contributed by atoms with Gasteiger partial charge in [0.1, 0.15) is 15.8 Å². The molecule has 10 heteroatoms. The van der Waals surface area contributed by atoms with Crippen LogP contribution in [0.2, 0.25) is 0 Å². The topological polar surface area (TPSA) is 113 Å². The van der Waals surface area contributed by atoms with Gasteiger partial charge < -0.3 is 19.7 Å². The molecule has 1 aromatic rings. The summed E-state index contributed by atoms with van der Waals surface area (Å²) in [6, 6.07) is 2.82. The minimum atomic E-state index is -1.08. The predicted octanol–water partition coefficient (Wildman–Crippen LogP) is 3.31. The van der Waals surface area contributed by atoms with Crippen LogP contribution in [0.4, 0.5) is 0 Å². The number of carbonyl (C=O) groups excluding carboxylic acids is 1. The Labute approximate surface area is 183 Å². The molecule has 0 spiro atoms. The first-order valence-corrected chi connectivity index (χ1v) is 10.3. The smallest absolute Gasteiger partial charge is 0.305 e. The van der Waals surface area contributed by atoms with Crippen LogP contribution >= 0.6 is 24.0 Å². The van der Waals surface area contributed by atoms with E-state index in [0.29, 0.717) is 22.0 Å². The Kier molecular flexibility index (Phi) is 8.24. The fourth-order valence-corrected chi connectivity index (χ4v) is 4.64. The molecule has 0 aromatic heterocycles. The van der Waals surface area contributed by atoms with Gasteiger partial charge in [0.05, 0.1) is 25.5 Å². The summed E-state index contributed by atoms with van der Waals surface area (Å²) < 4.78 is 11.0. The van der Waals surface area contributed by atoms with E-state index in [9.17, 15) is 19.5 Å². The molecule has 0 aliphatic carbocycles. The van der Waals surface area contributed by atoms with Crippen LogP contribution in [0.1, 0.15) is 36.8 Å². The van der Waals surface area contributed by atoms with Gasteiger partial charge in [-0.25, -0.2) is 0 Å². The Morgan fingerprint density at radius 3 is 2.50 bits per heavy atom. The number of hydrogen-bond donors (Lipinski definition) is 2. The van der Waals surface area contributed by atoms with E-state index in [4.69, 9.17) is 26.8 Å². The zero-order valence-electron chi connectivity index (χ0n) is 16.8. The average molecular weight is 454 g/mol. The number of ether oxygens (including phenoxy) is 2. The van der Waals surface area contributed by atoms with Crippen LogP contribution in [0, 0.1) is 6.92 Å². The lowest BCUT2D eigenvalue weighted by molar-refractivity contribution is -0.138. The summed E-state index contributed by atoms with van der Waals surface area (Å²) in [4.78, 5) is 36.7. The number of rotatable bonds is 10. The van der Waals surface area contributed by atoms with E-state index in [1.807, 2.05) is 6.92 Å². The third-order valence-electron chi connectivity index (χ3n) is 4.62. The number of aliphatic carboxylic acids is 2. The highest BCUT2D eigenvalue weighted by atomic mass is 32.2. The van der Waals surface area contributed by atoms with Crippen molar-refractivity contribution in [2.75, 3.05) is 14.2 Å². The van der Waals surface area contributed by atoms with Crippen LogP contribution in [-0.2, 0) is 14.4 Å². The number of nitrogens with zero attached hydrogens (tertiary/aromatic N) is 1. The number of hydrogen-bond acceptors (Lipinski definition) is 7. The summed E-state index contributed by atoms with van der Waals surface area (Å²) in [6.07, 6.45) is 1.70. The molecule has 1 aromatic carbocycles. The lowest BCUT2D eigenvalue weighted by Crippen LogP contribution is -2.40. The van der Waals surface area contributed by atoms with Crippen molar-refractivity contribution in [3.63, 3.8) is 0 Å². The summed E-state index contributed by atoms with van der Waals surface area (Å²) in [5.41, 5.74) is 1.44. The van der Waals surface area contributed by atoms with E-state index >= 15 is 0 Å². The summed E-state index contributed by atoms with van der Waals surface area (Å²) in [5.74, 6) is -1.25. The highest BCUT2D eigenvalue weighted by molar-refractivity contribution is 8.26. The van der Waals surface area contributed by atoms with E-state index in [1.165, 1.54) is 12.0 Å². The van der Waals surface area contributed by atoms with Crippen molar-refractivity contribution in [3.8, 4) is 11.5 Å². The van der Waals surface area contributed by atoms with Gasteiger partial charge in [-0.15, -0.1) is 0 Å². The minimum absolute atomic E-state index is 0.108. The molecule has 2 N–H and O–H groups in total. The Balaban J connectivity index is 2.32. The van der Waals surface area contributed by atoms with Gasteiger partial charge in [-0.05, 0) is 38.0 Å². The SMILES string of the molecule is COc1ccc(C=C2SC(=S)N(C(CCCC(=O)O)CC(=O)O)C2=O)c(OC)c1C. The molecule has 1 atom stereocenters. The molecular formula is C20H23NO7S2. The first kappa shape index (κ1) is 23.7. The molecule has 1 heterocycles. The van der Waals surface area contributed by atoms with Gasteiger partial charge >= 0.3 is 11.9 Å². The van der Waals surface area contributed by atoms with E-state index in [1.54, 1.807) is 25.3 Å². The molecule has 1 saturated heterocycles. The first-order valence-electron chi connectivity index (χ1n) is 9.11. The Hall–Kier alpha value is -2.59. The quantitative estimate of drug-likeness (QED) is 0.407. The molecular weight excluding hydrogens is 430 g/mol. The lowest BCUT2D eigenvalue weighted by Gasteiger charge is -2.25. The van der Waals surface area contributed by atoms with Gasteiger partial charge in [-0.1, -0.05) is 24.0 Å². The first-order chi connectivity index (χ1) is 14.2. The largest absolute Gasteiger partial charge is 0.496 e. The maximum absolute atomic E-state index is 13.0. The third-order valence-corrected chi connectivity index (χ3v) is 5.95. The molecule has 0 radical (unpaired) electrons. The summed E-state index contributed by atoms with van der Waals surface area (Å²) in [5, 5.41) is 18.1. The van der Waals surface area contributed by atoms with Crippen LogP contribution < -0.4 is 9.47 Å². The second kappa shape index (κ2) is 10.4. The van der Waals surface area contributed by atoms with Crippen LogP contribution in [-0.4, -0.2) is 57.5 Å². The van der Waals surface area contributed by atoms with E-state index in [-0.39, 0.29) is 30.0 Å². The van der Waals surface area contributed by atoms with E-state index < -0.39 is 23.9 Å². The van der Waals surface area contributed by atoms with Gasteiger partial charge in [-0.2, -0.15) is 0 Å². The third kappa shape index (κ3) is 5.51. The monoisotopic (exact) mass is 453 g/mol. The van der Waals surface area contributed by atoms with Crippen molar-refractivity contribution in [1.29, 1.82) is 0 Å². The number of benzene rings is 1. The molecule has 2 rings (SSSR count). The zero-order valence-corrected chi connectivity index (χ0v) is 18.5. The number of methoxy groups -OCH3 is 2. The number of carbonyl (C=O) groups is 3. The van der Waals surface area contributed by atoms with Crippen LogP contribution in [0.5, 0.6) is 11.5 Å². The number of carboxylic acids is 2. The Morgan fingerprint density at radius 2 is 1.93 bits per heavy atom. The van der Waals surface area contributed by atoms with Crippen molar-refractivity contribution < 1.29 is 34.1 Å².